The second-order valence-electron chi connectivity index (χ2n) is 3.14. The minimum atomic E-state index is -0.756. The van der Waals surface area contributed by atoms with E-state index in [1.807, 2.05) is 0 Å². The molecule has 0 saturated carbocycles. The molecule has 0 spiro atoms. The number of hydrogen-bond donors (Lipinski definition) is 3. The predicted molar refractivity (Wildman–Crippen MR) is 62.6 cm³/mol. The maximum atomic E-state index is 10.6. The van der Waals surface area contributed by atoms with Crippen LogP contribution in [0, 0.1) is 10.1 Å². The third-order valence-corrected chi connectivity index (χ3v) is 2.12. The summed E-state index contributed by atoms with van der Waals surface area (Å²) in [4.78, 5) is 9.90. The normalized spacial score (nSPS) is 11.5. The third-order valence-electron chi connectivity index (χ3n) is 2.12. The van der Waals surface area contributed by atoms with Crippen LogP contribution >= 0.6 is 12.4 Å². The average Bonchev–Trinajstić information content (AvgIpc) is 2.27. The number of phenols is 1. The van der Waals surface area contributed by atoms with Crippen LogP contribution in [0.3, 0.4) is 0 Å². The number of rotatable bonds is 4. The maximum absolute atomic E-state index is 10.6. The molecule has 1 atom stereocenters. The van der Waals surface area contributed by atoms with Crippen LogP contribution in [0.5, 0.6) is 11.5 Å². The molecule has 0 radical (unpaired) electrons. The van der Waals surface area contributed by atoms with Crippen molar-refractivity contribution in [2.24, 2.45) is 5.73 Å². The quantitative estimate of drug-likeness (QED) is 0.545. The highest BCUT2D eigenvalue weighted by Gasteiger charge is 2.21. The summed E-state index contributed by atoms with van der Waals surface area (Å²) in [6, 6.07) is 1.70. The van der Waals surface area contributed by atoms with Crippen LogP contribution in [0.15, 0.2) is 12.1 Å². The van der Waals surface area contributed by atoms with Crippen LogP contribution < -0.4 is 10.5 Å². The van der Waals surface area contributed by atoms with Gasteiger partial charge < -0.3 is 20.7 Å². The number of nitrogens with two attached hydrogens (primary N) is 1. The van der Waals surface area contributed by atoms with Gasteiger partial charge >= 0.3 is 5.69 Å². The average molecular weight is 265 g/mol. The van der Waals surface area contributed by atoms with Crippen LogP contribution in [0.2, 0.25) is 0 Å². The van der Waals surface area contributed by atoms with Crippen molar-refractivity contribution >= 4 is 18.1 Å². The van der Waals surface area contributed by atoms with Gasteiger partial charge in [-0.15, -0.1) is 12.4 Å². The Hall–Kier alpha value is -1.57. The Kier molecular flexibility index (Phi) is 5.66. The lowest BCUT2D eigenvalue weighted by Gasteiger charge is -2.11. The SMILES string of the molecule is COc1cc([C@H](N)CO)cc([N+](=O)[O-])c1O.Cl. The molecule has 1 rings (SSSR count). The van der Waals surface area contributed by atoms with Crippen molar-refractivity contribution < 1.29 is 19.9 Å². The molecule has 0 aliphatic rings. The number of halogens is 1. The van der Waals surface area contributed by atoms with Gasteiger partial charge in [0.15, 0.2) is 5.75 Å². The molecule has 0 amide bonds. The summed E-state index contributed by atoms with van der Waals surface area (Å²) in [6.07, 6.45) is 0. The standard InChI is InChI=1S/C9H12N2O5.ClH/c1-16-8-3-5(6(10)4-12)2-7(9(8)13)11(14)15;/h2-3,6,12-13H,4,10H2,1H3;1H/t6-;/m1./s1. The van der Waals surface area contributed by atoms with Crippen LogP contribution in [0.25, 0.3) is 0 Å². The molecular formula is C9H13ClN2O5. The first-order chi connectivity index (χ1) is 7.51. The molecule has 0 fully saturated rings. The first-order valence-electron chi connectivity index (χ1n) is 4.43. The van der Waals surface area contributed by atoms with Crippen molar-refractivity contribution in [3.8, 4) is 11.5 Å². The number of phenolic OH excluding ortho intramolecular Hbond substituents is 1. The highest BCUT2D eigenvalue weighted by Crippen LogP contribution is 2.37. The lowest BCUT2D eigenvalue weighted by atomic mass is 10.1. The fraction of sp³-hybridized carbons (Fsp3) is 0.333. The molecular weight excluding hydrogens is 252 g/mol. The number of nitro benzene ring substituents is 1. The number of aromatic hydroxyl groups is 1. The number of methoxy groups -OCH3 is 1. The van der Waals surface area contributed by atoms with E-state index < -0.39 is 22.4 Å². The van der Waals surface area contributed by atoms with Gasteiger partial charge in [0.25, 0.3) is 0 Å². The zero-order valence-electron chi connectivity index (χ0n) is 8.99. The molecule has 1 aromatic carbocycles. The van der Waals surface area contributed by atoms with E-state index in [1.54, 1.807) is 0 Å². The number of nitrogens with zero attached hydrogens (tertiary/aromatic N) is 1. The molecule has 96 valence electrons. The van der Waals surface area contributed by atoms with Crippen LogP contribution in [0.4, 0.5) is 5.69 Å². The summed E-state index contributed by atoms with van der Waals surface area (Å²) < 4.78 is 4.78. The number of nitro groups is 1. The lowest BCUT2D eigenvalue weighted by Crippen LogP contribution is -2.14. The van der Waals surface area contributed by atoms with Crippen molar-refractivity contribution in [3.05, 3.63) is 27.8 Å². The number of aliphatic hydroxyl groups is 1. The maximum Gasteiger partial charge on any atom is 0.314 e. The van der Waals surface area contributed by atoms with Crippen molar-refractivity contribution in [1.29, 1.82) is 0 Å². The van der Waals surface area contributed by atoms with Gasteiger partial charge in [0, 0.05) is 6.07 Å². The number of ether oxygens (including phenoxy) is 1. The van der Waals surface area contributed by atoms with E-state index in [0.29, 0.717) is 5.56 Å². The van der Waals surface area contributed by atoms with E-state index in [-0.39, 0.29) is 24.8 Å². The smallest absolute Gasteiger partial charge is 0.314 e. The summed E-state index contributed by atoms with van der Waals surface area (Å²) in [5, 5.41) is 29.0. The van der Waals surface area contributed by atoms with Crippen molar-refractivity contribution in [3.63, 3.8) is 0 Å². The summed E-state index contributed by atoms with van der Waals surface area (Å²) in [5.41, 5.74) is 5.35. The number of aliphatic hydroxyl groups excluding tert-OH is 1. The van der Waals surface area contributed by atoms with E-state index >= 15 is 0 Å². The van der Waals surface area contributed by atoms with Gasteiger partial charge in [-0.3, -0.25) is 10.1 Å². The number of hydrogen-bond acceptors (Lipinski definition) is 6. The number of benzene rings is 1. The molecule has 1 aromatic rings. The lowest BCUT2D eigenvalue weighted by molar-refractivity contribution is -0.386. The predicted octanol–water partition coefficient (Wildman–Crippen LogP) is 0.723. The second kappa shape index (κ2) is 6.24. The highest BCUT2D eigenvalue weighted by atomic mass is 35.5. The Morgan fingerprint density at radius 2 is 2.18 bits per heavy atom. The Balaban J connectivity index is 0.00000256. The van der Waals surface area contributed by atoms with Crippen LogP contribution in [-0.4, -0.2) is 28.9 Å². The summed E-state index contributed by atoms with van der Waals surface area (Å²) >= 11 is 0. The van der Waals surface area contributed by atoms with Gasteiger partial charge in [0.1, 0.15) is 0 Å². The molecule has 17 heavy (non-hydrogen) atoms. The van der Waals surface area contributed by atoms with Crippen molar-refractivity contribution in [1.82, 2.24) is 0 Å². The first kappa shape index (κ1) is 15.4. The first-order valence-corrected chi connectivity index (χ1v) is 4.43. The topological polar surface area (TPSA) is 119 Å². The largest absolute Gasteiger partial charge is 0.500 e. The van der Waals surface area contributed by atoms with Gasteiger partial charge in [0.2, 0.25) is 5.75 Å². The zero-order valence-corrected chi connectivity index (χ0v) is 9.81. The Labute approximate surface area is 103 Å². The van der Waals surface area contributed by atoms with E-state index in [1.165, 1.54) is 13.2 Å². The molecule has 0 aromatic heterocycles. The summed E-state index contributed by atoms with van der Waals surface area (Å²) in [5.74, 6) is -0.602. The molecule has 0 aliphatic carbocycles. The molecule has 0 aliphatic heterocycles. The monoisotopic (exact) mass is 264 g/mol. The van der Waals surface area contributed by atoms with Gasteiger partial charge in [-0.2, -0.15) is 0 Å². The Bertz CT molecular complexity index is 413. The fourth-order valence-electron chi connectivity index (χ4n) is 1.23. The van der Waals surface area contributed by atoms with Crippen LogP contribution in [0.1, 0.15) is 11.6 Å². The van der Waals surface area contributed by atoms with Crippen LogP contribution in [-0.2, 0) is 0 Å². The summed E-state index contributed by atoms with van der Waals surface area (Å²) in [6.45, 7) is -0.356. The minimum absolute atomic E-state index is 0. The van der Waals surface area contributed by atoms with Crippen molar-refractivity contribution in [2.75, 3.05) is 13.7 Å². The third kappa shape index (κ3) is 3.19. The fourth-order valence-corrected chi connectivity index (χ4v) is 1.23. The molecule has 0 unspecified atom stereocenters. The van der Waals surface area contributed by atoms with Gasteiger partial charge in [0.05, 0.1) is 24.7 Å². The molecule has 0 bridgehead atoms. The van der Waals surface area contributed by atoms with Gasteiger partial charge in [-0.25, -0.2) is 0 Å². The molecule has 8 heteroatoms. The highest BCUT2D eigenvalue weighted by molar-refractivity contribution is 5.85. The van der Waals surface area contributed by atoms with Gasteiger partial charge in [-0.1, -0.05) is 0 Å². The molecule has 7 nitrogen and oxygen atoms in total. The Morgan fingerprint density at radius 3 is 2.59 bits per heavy atom. The minimum Gasteiger partial charge on any atom is -0.500 e. The van der Waals surface area contributed by atoms with E-state index in [0.717, 1.165) is 6.07 Å². The van der Waals surface area contributed by atoms with E-state index in [9.17, 15) is 15.2 Å². The van der Waals surface area contributed by atoms with E-state index in [4.69, 9.17) is 15.6 Å². The van der Waals surface area contributed by atoms with Crippen molar-refractivity contribution in [2.45, 2.75) is 6.04 Å². The van der Waals surface area contributed by atoms with Gasteiger partial charge in [-0.05, 0) is 11.6 Å². The Morgan fingerprint density at radius 1 is 1.59 bits per heavy atom. The molecule has 0 saturated heterocycles. The molecule has 4 N–H and O–H groups in total. The second-order valence-corrected chi connectivity index (χ2v) is 3.14. The van der Waals surface area contributed by atoms with E-state index in [2.05, 4.69) is 0 Å². The zero-order chi connectivity index (χ0) is 12.3. The molecule has 0 heterocycles. The summed E-state index contributed by atoms with van der Waals surface area (Å²) in [7, 11) is 1.27.